The van der Waals surface area contributed by atoms with Crippen LogP contribution < -0.4 is 9.47 Å². The van der Waals surface area contributed by atoms with Crippen LogP contribution in [-0.2, 0) is 0 Å². The molecule has 0 atom stereocenters. The highest BCUT2D eigenvalue weighted by Crippen LogP contribution is 2.30. The van der Waals surface area contributed by atoms with Crippen LogP contribution in [0.2, 0.25) is 0 Å². The van der Waals surface area contributed by atoms with Gasteiger partial charge in [-0.2, -0.15) is 0 Å². The largest absolute Gasteiger partial charge is 0.496 e. The number of methoxy groups -OCH3 is 1. The second-order valence-corrected chi connectivity index (χ2v) is 6.32. The van der Waals surface area contributed by atoms with Crippen molar-refractivity contribution in [2.45, 2.75) is 32.8 Å². The third-order valence-electron chi connectivity index (χ3n) is 4.02. The molecule has 130 valence electrons. The minimum atomic E-state index is 0.136. The van der Waals surface area contributed by atoms with Crippen molar-refractivity contribution in [2.75, 3.05) is 13.7 Å². The molecular formula is C21H24N2O2. The Balaban J connectivity index is 1.95. The van der Waals surface area contributed by atoms with Gasteiger partial charge in [0.05, 0.1) is 18.9 Å². The van der Waals surface area contributed by atoms with Crippen LogP contribution >= 0.6 is 0 Å². The highest BCUT2D eigenvalue weighted by Gasteiger charge is 2.15. The van der Waals surface area contributed by atoms with Gasteiger partial charge in [-0.05, 0) is 62.6 Å². The summed E-state index contributed by atoms with van der Waals surface area (Å²) in [5.74, 6) is 1.63. The maximum Gasteiger partial charge on any atom is 0.129 e. The van der Waals surface area contributed by atoms with Gasteiger partial charge >= 0.3 is 0 Å². The molecule has 0 N–H and O–H groups in total. The van der Waals surface area contributed by atoms with E-state index >= 15 is 0 Å². The lowest BCUT2D eigenvalue weighted by molar-refractivity contribution is 0.241. The van der Waals surface area contributed by atoms with E-state index in [0.717, 1.165) is 47.7 Å². The van der Waals surface area contributed by atoms with Gasteiger partial charge in [0.1, 0.15) is 11.5 Å². The lowest BCUT2D eigenvalue weighted by Gasteiger charge is -2.17. The second kappa shape index (κ2) is 7.97. The molecule has 1 aromatic carbocycles. The molecular weight excluding hydrogens is 312 g/mol. The fraction of sp³-hybridized carbons (Fsp3) is 0.333. The molecule has 25 heavy (non-hydrogen) atoms. The number of rotatable bonds is 5. The summed E-state index contributed by atoms with van der Waals surface area (Å²) in [4.78, 5) is 8.96. The molecule has 0 bridgehead atoms. The first-order chi connectivity index (χ1) is 12.2. The van der Waals surface area contributed by atoms with Gasteiger partial charge in [-0.3, -0.25) is 9.98 Å². The maximum atomic E-state index is 5.76. The Kier molecular flexibility index (Phi) is 5.49. The van der Waals surface area contributed by atoms with Gasteiger partial charge in [0, 0.05) is 36.1 Å². The van der Waals surface area contributed by atoms with Gasteiger partial charge in [0.2, 0.25) is 0 Å². The number of ether oxygens (including phenoxy) is 2. The van der Waals surface area contributed by atoms with Crippen LogP contribution in [-0.4, -0.2) is 30.5 Å². The highest BCUT2D eigenvalue weighted by atomic mass is 16.5. The molecule has 0 aliphatic carbocycles. The Hall–Kier alpha value is -2.62. The number of benzene rings is 1. The van der Waals surface area contributed by atoms with Crippen LogP contribution in [0.15, 0.2) is 53.3 Å². The molecule has 0 fully saturated rings. The Morgan fingerprint density at radius 3 is 2.80 bits per heavy atom. The number of aromatic nitrogens is 1. The van der Waals surface area contributed by atoms with Crippen LogP contribution in [0.5, 0.6) is 11.5 Å². The zero-order chi connectivity index (χ0) is 17.6. The zero-order valence-corrected chi connectivity index (χ0v) is 15.0. The summed E-state index contributed by atoms with van der Waals surface area (Å²) in [7, 11) is 1.69. The van der Waals surface area contributed by atoms with Crippen molar-refractivity contribution < 1.29 is 9.47 Å². The lowest BCUT2D eigenvalue weighted by Crippen LogP contribution is -2.12. The predicted octanol–water partition coefficient (Wildman–Crippen LogP) is 4.54. The Morgan fingerprint density at radius 1 is 1.20 bits per heavy atom. The molecule has 0 unspecified atom stereocenters. The fourth-order valence-electron chi connectivity index (χ4n) is 2.94. The highest BCUT2D eigenvalue weighted by molar-refractivity contribution is 6.15. The Labute approximate surface area is 149 Å². The Morgan fingerprint density at radius 2 is 2.08 bits per heavy atom. The molecule has 1 aromatic heterocycles. The molecule has 4 nitrogen and oxygen atoms in total. The molecule has 1 aliphatic heterocycles. The average molecular weight is 336 g/mol. The normalized spacial score (nSPS) is 16.0. The van der Waals surface area contributed by atoms with Gasteiger partial charge in [0.25, 0.3) is 0 Å². The summed E-state index contributed by atoms with van der Waals surface area (Å²) in [5.41, 5.74) is 4.35. The number of aliphatic imine (C=N–C) groups is 1. The standard InChI is InChI=1S/C21H24N2O2/c1-15(2)25-19-9-8-16(20(13-19)24-3)12-17-6-5-11-23-21(17)18-7-4-10-22-14-18/h4,7-10,12-15H,5-6,11H2,1-3H3/b17-12+. The first-order valence-corrected chi connectivity index (χ1v) is 8.68. The molecule has 4 heteroatoms. The number of hydrogen-bond donors (Lipinski definition) is 0. The molecule has 0 spiro atoms. The van der Waals surface area contributed by atoms with Crippen molar-refractivity contribution in [2.24, 2.45) is 4.99 Å². The van der Waals surface area contributed by atoms with E-state index in [1.807, 2.05) is 44.3 Å². The minimum absolute atomic E-state index is 0.136. The third-order valence-corrected chi connectivity index (χ3v) is 4.02. The SMILES string of the molecule is COc1cc(OC(C)C)ccc1/C=C1\CCCN=C1c1cccnc1. The topological polar surface area (TPSA) is 43.7 Å². The monoisotopic (exact) mass is 336 g/mol. The summed E-state index contributed by atoms with van der Waals surface area (Å²) in [6, 6.07) is 9.97. The first kappa shape index (κ1) is 17.2. The van der Waals surface area contributed by atoms with E-state index in [2.05, 4.69) is 17.1 Å². The molecule has 1 aliphatic rings. The fourth-order valence-corrected chi connectivity index (χ4v) is 2.94. The summed E-state index contributed by atoms with van der Waals surface area (Å²) in [6.07, 6.45) is 8.02. The van der Waals surface area contributed by atoms with Crippen molar-refractivity contribution in [1.29, 1.82) is 0 Å². The average Bonchev–Trinajstić information content (AvgIpc) is 2.63. The van der Waals surface area contributed by atoms with Crippen molar-refractivity contribution in [3.8, 4) is 11.5 Å². The molecule has 2 aromatic rings. The number of allylic oxidation sites excluding steroid dienone is 1. The second-order valence-electron chi connectivity index (χ2n) is 6.32. The van der Waals surface area contributed by atoms with Gasteiger partial charge in [-0.25, -0.2) is 0 Å². The summed E-state index contributed by atoms with van der Waals surface area (Å²) in [6.45, 7) is 4.89. The molecule has 3 rings (SSSR count). The summed E-state index contributed by atoms with van der Waals surface area (Å²) >= 11 is 0. The van der Waals surface area contributed by atoms with Crippen LogP contribution in [0.25, 0.3) is 6.08 Å². The van der Waals surface area contributed by atoms with Crippen molar-refractivity contribution in [3.63, 3.8) is 0 Å². The number of pyridine rings is 1. The van der Waals surface area contributed by atoms with E-state index < -0.39 is 0 Å². The van der Waals surface area contributed by atoms with Gasteiger partial charge in [-0.1, -0.05) is 0 Å². The van der Waals surface area contributed by atoms with Gasteiger partial charge in [0.15, 0.2) is 0 Å². The lowest BCUT2D eigenvalue weighted by atomic mass is 9.94. The van der Waals surface area contributed by atoms with Crippen LogP contribution in [0.3, 0.4) is 0 Å². The van der Waals surface area contributed by atoms with E-state index in [1.165, 1.54) is 5.57 Å². The number of hydrogen-bond acceptors (Lipinski definition) is 4. The quantitative estimate of drug-likeness (QED) is 0.805. The zero-order valence-electron chi connectivity index (χ0n) is 15.0. The van der Waals surface area contributed by atoms with Crippen LogP contribution in [0, 0.1) is 0 Å². The van der Waals surface area contributed by atoms with Crippen LogP contribution in [0.4, 0.5) is 0 Å². The van der Waals surface area contributed by atoms with E-state index in [9.17, 15) is 0 Å². The van der Waals surface area contributed by atoms with Crippen molar-refractivity contribution in [1.82, 2.24) is 4.98 Å². The maximum absolute atomic E-state index is 5.76. The molecule has 0 saturated carbocycles. The first-order valence-electron chi connectivity index (χ1n) is 8.68. The van der Waals surface area contributed by atoms with Crippen molar-refractivity contribution >= 4 is 11.8 Å². The summed E-state index contributed by atoms with van der Waals surface area (Å²) < 4.78 is 11.3. The van der Waals surface area contributed by atoms with Crippen LogP contribution in [0.1, 0.15) is 37.8 Å². The molecule has 0 amide bonds. The van der Waals surface area contributed by atoms with Gasteiger partial charge < -0.3 is 9.47 Å². The minimum Gasteiger partial charge on any atom is -0.496 e. The Bertz CT molecular complexity index is 780. The van der Waals surface area contributed by atoms with E-state index in [-0.39, 0.29) is 6.10 Å². The number of nitrogens with zero attached hydrogens (tertiary/aromatic N) is 2. The molecule has 2 heterocycles. The third kappa shape index (κ3) is 4.27. The molecule has 0 radical (unpaired) electrons. The van der Waals surface area contributed by atoms with Crippen molar-refractivity contribution in [3.05, 3.63) is 59.4 Å². The predicted molar refractivity (Wildman–Crippen MR) is 102 cm³/mol. The van der Waals surface area contributed by atoms with Gasteiger partial charge in [-0.15, -0.1) is 0 Å². The smallest absolute Gasteiger partial charge is 0.129 e. The summed E-state index contributed by atoms with van der Waals surface area (Å²) in [5, 5.41) is 0. The van der Waals surface area contributed by atoms with E-state index in [1.54, 1.807) is 13.3 Å². The van der Waals surface area contributed by atoms with E-state index in [4.69, 9.17) is 14.5 Å². The van der Waals surface area contributed by atoms with E-state index in [0.29, 0.717) is 0 Å². The molecule has 0 saturated heterocycles.